The van der Waals surface area contributed by atoms with E-state index in [1.807, 2.05) is 6.92 Å². The third-order valence-electron chi connectivity index (χ3n) is 5.31. The van der Waals surface area contributed by atoms with Crippen LogP contribution in [0.3, 0.4) is 0 Å². The van der Waals surface area contributed by atoms with Gasteiger partial charge in [-0.05, 0) is 33.1 Å². The van der Waals surface area contributed by atoms with Crippen molar-refractivity contribution in [3.8, 4) is 0 Å². The van der Waals surface area contributed by atoms with E-state index in [-0.39, 0.29) is 16.8 Å². The van der Waals surface area contributed by atoms with Gasteiger partial charge < -0.3 is 15.0 Å². The van der Waals surface area contributed by atoms with Gasteiger partial charge in [-0.2, -0.15) is 0 Å². The summed E-state index contributed by atoms with van der Waals surface area (Å²) >= 11 is 1.56. The van der Waals surface area contributed by atoms with E-state index in [4.69, 9.17) is 4.74 Å². The van der Waals surface area contributed by atoms with Crippen LogP contribution in [0.4, 0.5) is 4.79 Å². The van der Waals surface area contributed by atoms with Crippen LogP contribution in [-0.2, 0) is 19.1 Å². The van der Waals surface area contributed by atoms with Gasteiger partial charge in [-0.1, -0.05) is 12.8 Å². The highest BCUT2D eigenvalue weighted by atomic mass is 32.2. The van der Waals surface area contributed by atoms with Crippen LogP contribution < -0.4 is 10.6 Å². The number of esters is 1. The molecule has 0 aromatic heterocycles. The molecule has 0 bridgehead atoms. The third-order valence-corrected chi connectivity index (χ3v) is 6.81. The number of nitrogens with one attached hydrogen (secondary N) is 2. The molecule has 3 fully saturated rings. The fourth-order valence-corrected chi connectivity index (χ4v) is 5.22. The summed E-state index contributed by atoms with van der Waals surface area (Å²) in [6, 6.07) is -1.15. The number of carbonyl (C=O) groups is 4. The Hall–Kier alpha value is -1.77. The number of hydrogen-bond donors (Lipinski definition) is 2. The fraction of sp³-hybridized carbons (Fsp3) is 0.765. The summed E-state index contributed by atoms with van der Waals surface area (Å²) in [5.74, 6) is -0.879. The highest BCUT2D eigenvalue weighted by Gasteiger charge is 2.53. The zero-order valence-electron chi connectivity index (χ0n) is 15.1. The van der Waals surface area contributed by atoms with Gasteiger partial charge in [0, 0.05) is 18.2 Å². The van der Waals surface area contributed by atoms with Gasteiger partial charge in [0.05, 0.1) is 4.87 Å². The predicted octanol–water partition coefficient (Wildman–Crippen LogP) is 1.14. The summed E-state index contributed by atoms with van der Waals surface area (Å²) in [7, 11) is 0. The van der Waals surface area contributed by atoms with E-state index in [2.05, 4.69) is 10.6 Å². The number of carbonyl (C=O) groups excluding carboxylic acids is 4. The molecule has 0 aromatic rings. The van der Waals surface area contributed by atoms with Crippen molar-refractivity contribution in [1.29, 1.82) is 0 Å². The van der Waals surface area contributed by atoms with Crippen molar-refractivity contribution in [3.05, 3.63) is 0 Å². The van der Waals surface area contributed by atoms with Gasteiger partial charge >= 0.3 is 12.0 Å². The second kappa shape index (κ2) is 7.46. The Labute approximate surface area is 156 Å². The highest BCUT2D eigenvalue weighted by Crippen LogP contribution is 2.47. The Morgan fingerprint density at radius 1 is 1.31 bits per heavy atom. The van der Waals surface area contributed by atoms with Gasteiger partial charge in [-0.15, -0.1) is 11.8 Å². The maximum absolute atomic E-state index is 12.4. The lowest BCUT2D eigenvalue weighted by Gasteiger charge is -2.29. The van der Waals surface area contributed by atoms with Crippen LogP contribution in [0.1, 0.15) is 52.4 Å². The van der Waals surface area contributed by atoms with E-state index >= 15 is 0 Å². The molecule has 4 amide bonds. The molecule has 3 rings (SSSR count). The zero-order valence-corrected chi connectivity index (χ0v) is 15.9. The number of hydrogen-bond acceptors (Lipinski definition) is 6. The van der Waals surface area contributed by atoms with Crippen LogP contribution >= 0.6 is 11.8 Å². The van der Waals surface area contributed by atoms with Crippen molar-refractivity contribution < 1.29 is 23.9 Å². The molecule has 3 aliphatic rings. The first-order valence-electron chi connectivity index (χ1n) is 9.08. The molecule has 0 unspecified atom stereocenters. The van der Waals surface area contributed by atoms with Crippen LogP contribution in [0.25, 0.3) is 0 Å². The lowest BCUT2D eigenvalue weighted by molar-refractivity contribution is -0.161. The van der Waals surface area contributed by atoms with Gasteiger partial charge in [0.25, 0.3) is 5.91 Å². The smallest absolute Gasteiger partial charge is 0.330 e. The van der Waals surface area contributed by atoms with E-state index in [0.29, 0.717) is 18.6 Å². The molecule has 2 heterocycles. The maximum atomic E-state index is 12.4. The molecule has 2 saturated heterocycles. The van der Waals surface area contributed by atoms with Crippen molar-refractivity contribution in [2.24, 2.45) is 0 Å². The number of nitrogens with zero attached hydrogens (tertiary/aromatic N) is 1. The topological polar surface area (TPSA) is 105 Å². The number of thioether (sulfide) groups is 1. The molecule has 144 valence electrons. The summed E-state index contributed by atoms with van der Waals surface area (Å²) in [4.78, 5) is 49.7. The summed E-state index contributed by atoms with van der Waals surface area (Å²) < 4.78 is 5.23. The Morgan fingerprint density at radius 3 is 2.69 bits per heavy atom. The van der Waals surface area contributed by atoms with E-state index in [1.54, 1.807) is 16.7 Å². The van der Waals surface area contributed by atoms with E-state index in [1.165, 1.54) is 6.92 Å². The standard InChI is InChI=1S/C17H25N3O5S/c1-10(14(22)19-16(24)18-11-5-3-4-6-11)25-15(23)12-9-26-17(2)8-7-13(21)20(12)17/h10-12H,3-9H2,1-2H3,(H2,18,19,22,24)/t10-,12-,17-/m0/s1. The minimum Gasteiger partial charge on any atom is -0.451 e. The molecular formula is C17H25N3O5S. The van der Waals surface area contributed by atoms with Crippen LogP contribution in [0.15, 0.2) is 0 Å². The lowest BCUT2D eigenvalue weighted by atomic mass is 10.2. The first-order valence-corrected chi connectivity index (χ1v) is 10.1. The fourth-order valence-electron chi connectivity index (χ4n) is 3.81. The lowest BCUT2D eigenvalue weighted by Crippen LogP contribution is -2.50. The van der Waals surface area contributed by atoms with Crippen molar-refractivity contribution >= 4 is 35.6 Å². The van der Waals surface area contributed by atoms with Crippen LogP contribution in [0.2, 0.25) is 0 Å². The van der Waals surface area contributed by atoms with Crippen molar-refractivity contribution in [3.63, 3.8) is 0 Å². The van der Waals surface area contributed by atoms with Gasteiger partial charge in [0.1, 0.15) is 6.04 Å². The number of fused-ring (bicyclic) bond motifs is 1. The summed E-state index contributed by atoms with van der Waals surface area (Å²) in [6.45, 7) is 3.36. The number of ether oxygens (including phenoxy) is 1. The quantitative estimate of drug-likeness (QED) is 0.706. The number of imide groups is 1. The molecule has 0 aromatic carbocycles. The van der Waals surface area contributed by atoms with Crippen LogP contribution in [0, 0.1) is 0 Å². The number of urea groups is 1. The Kier molecular flexibility index (Phi) is 5.45. The second-order valence-electron chi connectivity index (χ2n) is 7.29. The number of rotatable bonds is 4. The predicted molar refractivity (Wildman–Crippen MR) is 95.2 cm³/mol. The maximum Gasteiger partial charge on any atom is 0.330 e. The molecular weight excluding hydrogens is 358 g/mol. The third kappa shape index (κ3) is 3.82. The van der Waals surface area contributed by atoms with Crippen molar-refractivity contribution in [2.75, 3.05) is 5.75 Å². The highest BCUT2D eigenvalue weighted by molar-refractivity contribution is 8.01. The SMILES string of the molecule is C[C@H](OC(=O)[C@@H]1CS[C@@]2(C)CCC(=O)N12)C(=O)NC(=O)NC1CCCC1. The summed E-state index contributed by atoms with van der Waals surface area (Å²) in [6.07, 6.45) is 3.98. The van der Waals surface area contributed by atoms with E-state index < -0.39 is 30.1 Å². The molecule has 8 nitrogen and oxygen atoms in total. The molecule has 1 aliphatic carbocycles. The van der Waals surface area contributed by atoms with Gasteiger partial charge in [0.15, 0.2) is 6.10 Å². The molecule has 1 saturated carbocycles. The van der Waals surface area contributed by atoms with Gasteiger partial charge in [-0.3, -0.25) is 14.9 Å². The Bertz CT molecular complexity index is 622. The second-order valence-corrected chi connectivity index (χ2v) is 8.79. The molecule has 3 atom stereocenters. The average Bonchev–Trinajstić information content (AvgIpc) is 3.26. The molecule has 2 N–H and O–H groups in total. The van der Waals surface area contributed by atoms with Gasteiger partial charge in [0.2, 0.25) is 5.91 Å². The Balaban J connectivity index is 1.50. The van der Waals surface area contributed by atoms with Crippen molar-refractivity contribution in [1.82, 2.24) is 15.5 Å². The molecule has 26 heavy (non-hydrogen) atoms. The minimum absolute atomic E-state index is 0.0625. The molecule has 2 aliphatic heterocycles. The van der Waals surface area contributed by atoms with Crippen LogP contribution in [-0.4, -0.2) is 57.5 Å². The Morgan fingerprint density at radius 2 is 2.00 bits per heavy atom. The van der Waals surface area contributed by atoms with E-state index in [9.17, 15) is 19.2 Å². The van der Waals surface area contributed by atoms with Crippen molar-refractivity contribution in [2.45, 2.75) is 75.4 Å². The monoisotopic (exact) mass is 383 g/mol. The van der Waals surface area contributed by atoms with Gasteiger partial charge in [-0.25, -0.2) is 9.59 Å². The van der Waals surface area contributed by atoms with Crippen LogP contribution in [0.5, 0.6) is 0 Å². The first kappa shape index (κ1) is 19.0. The minimum atomic E-state index is -1.11. The zero-order chi connectivity index (χ0) is 18.9. The summed E-state index contributed by atoms with van der Waals surface area (Å²) in [5, 5.41) is 4.96. The molecule has 9 heteroatoms. The largest absolute Gasteiger partial charge is 0.451 e. The average molecular weight is 383 g/mol. The van der Waals surface area contributed by atoms with E-state index in [0.717, 1.165) is 25.7 Å². The number of amides is 4. The normalized spacial score (nSPS) is 29.4. The molecule has 0 spiro atoms. The first-order chi connectivity index (χ1) is 12.3. The molecule has 0 radical (unpaired) electrons. The summed E-state index contributed by atoms with van der Waals surface area (Å²) in [5.41, 5.74) is 0.